The number of carbonyl (C=O) groups is 2. The third kappa shape index (κ3) is 5.63. The fraction of sp³-hybridized carbons (Fsp3) is 0.310. The SMILES string of the molecule is CCOc1ccc(N2C(=O)Nc3ccc(Br)cc3[C@]2(O)C(=O)NCCCN(CC)c2cccc(C)c2)cc1. The number of urea groups is 1. The Hall–Kier alpha value is -3.56. The van der Waals surface area contributed by atoms with E-state index in [0.717, 1.165) is 23.7 Å². The standard InChI is InChI=1S/C29H33BrN4O4/c1-4-33(23-9-6-8-20(3)18-23)17-7-16-31-27(35)29(37)25-19-21(30)10-15-26(25)32-28(36)34(29)22-11-13-24(14-12-22)38-5-2/h6,8-15,18-19,37H,4-5,7,16-17H2,1-3H3,(H,31,35)(H,32,36)/t29-/m0/s1. The highest BCUT2D eigenvalue weighted by Crippen LogP contribution is 2.41. The van der Waals surface area contributed by atoms with Crippen LogP contribution in [0, 0.1) is 6.92 Å². The highest BCUT2D eigenvalue weighted by molar-refractivity contribution is 9.10. The van der Waals surface area contributed by atoms with Crippen LogP contribution in [0.25, 0.3) is 0 Å². The second-order valence-electron chi connectivity index (χ2n) is 9.08. The lowest BCUT2D eigenvalue weighted by Crippen LogP contribution is -2.62. The van der Waals surface area contributed by atoms with E-state index in [1.54, 1.807) is 42.5 Å². The minimum absolute atomic E-state index is 0.271. The lowest BCUT2D eigenvalue weighted by atomic mass is 9.94. The Morgan fingerprint density at radius 3 is 2.58 bits per heavy atom. The number of aryl methyl sites for hydroxylation is 1. The van der Waals surface area contributed by atoms with Crippen molar-refractivity contribution in [2.45, 2.75) is 32.9 Å². The van der Waals surface area contributed by atoms with Crippen LogP contribution in [0.1, 0.15) is 31.4 Å². The monoisotopic (exact) mass is 580 g/mol. The second-order valence-corrected chi connectivity index (χ2v) is 10.00. The van der Waals surface area contributed by atoms with E-state index in [4.69, 9.17) is 4.74 Å². The minimum Gasteiger partial charge on any atom is -0.494 e. The van der Waals surface area contributed by atoms with Gasteiger partial charge in [-0.2, -0.15) is 0 Å². The number of aliphatic hydroxyl groups is 1. The van der Waals surface area contributed by atoms with Crippen molar-refractivity contribution < 1.29 is 19.4 Å². The van der Waals surface area contributed by atoms with Gasteiger partial charge in [-0.15, -0.1) is 0 Å². The van der Waals surface area contributed by atoms with Crippen molar-refractivity contribution in [3.8, 4) is 5.75 Å². The molecule has 0 radical (unpaired) electrons. The Balaban J connectivity index is 1.57. The quantitative estimate of drug-likeness (QED) is 0.280. The molecule has 0 unspecified atom stereocenters. The summed E-state index contributed by atoms with van der Waals surface area (Å²) in [5.74, 6) is -0.0573. The number of halogens is 1. The molecule has 3 N–H and O–H groups in total. The van der Waals surface area contributed by atoms with E-state index >= 15 is 0 Å². The van der Waals surface area contributed by atoms with Crippen molar-refractivity contribution >= 4 is 44.9 Å². The second kappa shape index (κ2) is 11.9. The summed E-state index contributed by atoms with van der Waals surface area (Å²) in [6, 6.07) is 19.4. The molecule has 0 aliphatic carbocycles. The first-order valence-electron chi connectivity index (χ1n) is 12.7. The van der Waals surface area contributed by atoms with Crippen LogP contribution in [-0.4, -0.2) is 43.3 Å². The predicted molar refractivity (Wildman–Crippen MR) is 154 cm³/mol. The number of rotatable bonds is 10. The molecule has 38 heavy (non-hydrogen) atoms. The smallest absolute Gasteiger partial charge is 0.329 e. The van der Waals surface area contributed by atoms with Crippen LogP contribution in [-0.2, 0) is 10.5 Å². The van der Waals surface area contributed by atoms with Crippen LogP contribution < -0.4 is 25.2 Å². The number of ether oxygens (including phenoxy) is 1. The largest absolute Gasteiger partial charge is 0.494 e. The maximum Gasteiger partial charge on any atom is 0.329 e. The third-order valence-electron chi connectivity index (χ3n) is 6.49. The zero-order valence-corrected chi connectivity index (χ0v) is 23.4. The molecule has 0 bridgehead atoms. The van der Waals surface area contributed by atoms with Gasteiger partial charge in [0.1, 0.15) is 5.75 Å². The molecule has 0 fully saturated rings. The Morgan fingerprint density at radius 1 is 1.13 bits per heavy atom. The molecule has 1 aliphatic rings. The molecule has 0 aromatic heterocycles. The molecule has 3 amide bonds. The molecule has 1 heterocycles. The summed E-state index contributed by atoms with van der Waals surface area (Å²) >= 11 is 3.43. The average Bonchev–Trinajstić information content (AvgIpc) is 2.90. The molecule has 0 saturated carbocycles. The molecule has 8 nitrogen and oxygen atoms in total. The Bertz CT molecular complexity index is 1300. The third-order valence-corrected chi connectivity index (χ3v) is 6.98. The first-order chi connectivity index (χ1) is 18.3. The number of fused-ring (bicyclic) bond motifs is 1. The molecule has 0 saturated heterocycles. The van der Waals surface area contributed by atoms with Gasteiger partial charge in [0.15, 0.2) is 0 Å². The lowest BCUT2D eigenvalue weighted by Gasteiger charge is -2.42. The normalized spacial score (nSPS) is 16.4. The number of amides is 3. The zero-order valence-electron chi connectivity index (χ0n) is 21.8. The number of hydrogen-bond acceptors (Lipinski definition) is 5. The average molecular weight is 582 g/mol. The van der Waals surface area contributed by atoms with Crippen molar-refractivity contribution in [1.29, 1.82) is 0 Å². The van der Waals surface area contributed by atoms with E-state index in [1.165, 1.54) is 5.56 Å². The first kappa shape index (κ1) is 27.5. The summed E-state index contributed by atoms with van der Waals surface area (Å²) in [6.07, 6.45) is 0.657. The van der Waals surface area contributed by atoms with E-state index in [0.29, 0.717) is 41.2 Å². The van der Waals surface area contributed by atoms with Crippen LogP contribution in [0.15, 0.2) is 71.2 Å². The molecule has 0 spiro atoms. The summed E-state index contributed by atoms with van der Waals surface area (Å²) < 4.78 is 6.18. The Kier molecular flexibility index (Phi) is 8.58. The zero-order chi connectivity index (χ0) is 27.3. The van der Waals surface area contributed by atoms with Crippen molar-refractivity contribution in [2.24, 2.45) is 0 Å². The summed E-state index contributed by atoms with van der Waals surface area (Å²) in [4.78, 5) is 30.2. The molecular weight excluding hydrogens is 548 g/mol. The summed E-state index contributed by atoms with van der Waals surface area (Å²) in [7, 11) is 0. The van der Waals surface area contributed by atoms with Gasteiger partial charge in [-0.3, -0.25) is 9.69 Å². The number of nitrogens with zero attached hydrogens (tertiary/aromatic N) is 2. The number of nitrogens with one attached hydrogen (secondary N) is 2. The maximum atomic E-state index is 13.7. The summed E-state index contributed by atoms with van der Waals surface area (Å²) in [5.41, 5.74) is 1.04. The molecule has 9 heteroatoms. The van der Waals surface area contributed by atoms with E-state index in [-0.39, 0.29) is 5.56 Å². The van der Waals surface area contributed by atoms with Gasteiger partial charge in [0.2, 0.25) is 0 Å². The fourth-order valence-electron chi connectivity index (χ4n) is 4.63. The van der Waals surface area contributed by atoms with Gasteiger partial charge in [-0.25, -0.2) is 4.79 Å². The van der Waals surface area contributed by atoms with Crippen LogP contribution in [0.4, 0.5) is 21.9 Å². The number of carbonyl (C=O) groups excluding carboxylic acids is 2. The predicted octanol–water partition coefficient (Wildman–Crippen LogP) is 5.39. The van der Waals surface area contributed by atoms with Crippen molar-refractivity contribution in [2.75, 3.05) is 41.4 Å². The molecule has 1 aliphatic heterocycles. The molecule has 1 atom stereocenters. The van der Waals surface area contributed by atoms with Crippen LogP contribution >= 0.6 is 15.9 Å². The number of anilines is 3. The Labute approximate surface area is 231 Å². The van der Waals surface area contributed by atoms with Gasteiger partial charge >= 0.3 is 6.03 Å². The lowest BCUT2D eigenvalue weighted by molar-refractivity contribution is -0.140. The van der Waals surface area contributed by atoms with Gasteiger partial charge in [0.05, 0.1) is 12.3 Å². The van der Waals surface area contributed by atoms with E-state index in [2.05, 4.69) is 63.5 Å². The number of hydrogen-bond donors (Lipinski definition) is 3. The summed E-state index contributed by atoms with van der Waals surface area (Å²) in [6.45, 7) is 8.41. The van der Waals surface area contributed by atoms with Crippen molar-refractivity contribution in [3.63, 3.8) is 0 Å². The first-order valence-corrected chi connectivity index (χ1v) is 13.5. The minimum atomic E-state index is -2.27. The van der Waals surface area contributed by atoms with Crippen molar-refractivity contribution in [3.05, 3.63) is 82.3 Å². The van der Waals surface area contributed by atoms with E-state index < -0.39 is 17.7 Å². The van der Waals surface area contributed by atoms with Gasteiger partial charge in [0, 0.05) is 41.0 Å². The molecule has 3 aromatic carbocycles. The molecule has 3 aromatic rings. The highest BCUT2D eigenvalue weighted by atomic mass is 79.9. The van der Waals surface area contributed by atoms with Crippen molar-refractivity contribution in [1.82, 2.24) is 5.32 Å². The van der Waals surface area contributed by atoms with Gasteiger partial charge in [-0.1, -0.05) is 28.1 Å². The van der Waals surface area contributed by atoms with E-state index in [9.17, 15) is 14.7 Å². The maximum absolute atomic E-state index is 13.7. The topological polar surface area (TPSA) is 94.1 Å². The van der Waals surface area contributed by atoms with Crippen LogP contribution in [0.2, 0.25) is 0 Å². The van der Waals surface area contributed by atoms with Gasteiger partial charge in [0.25, 0.3) is 11.6 Å². The molecular formula is C29H33BrN4O4. The summed E-state index contributed by atoms with van der Waals surface area (Å²) in [5, 5.41) is 17.7. The molecule has 200 valence electrons. The number of benzene rings is 3. The highest BCUT2D eigenvalue weighted by Gasteiger charge is 2.52. The molecule has 4 rings (SSSR count). The van der Waals surface area contributed by atoms with Crippen LogP contribution in [0.3, 0.4) is 0 Å². The van der Waals surface area contributed by atoms with Gasteiger partial charge < -0.3 is 25.4 Å². The Morgan fingerprint density at radius 2 is 1.89 bits per heavy atom. The van der Waals surface area contributed by atoms with Gasteiger partial charge in [-0.05, 0) is 87.4 Å². The fourth-order valence-corrected chi connectivity index (χ4v) is 4.99. The van der Waals surface area contributed by atoms with E-state index in [1.807, 2.05) is 13.0 Å². The van der Waals surface area contributed by atoms with Crippen LogP contribution in [0.5, 0.6) is 5.75 Å².